The SMILES string of the molecule is CCCCC#CC1(C)C2C3C(C)C321. The molecule has 3 saturated carbocycles. The summed E-state index contributed by atoms with van der Waals surface area (Å²) in [4.78, 5) is 0. The standard InChI is InChI=1S/C13H18/c1-4-5-6-7-8-12(3)11-10-9(2)13(10,11)12/h9-11H,4-6H2,1-3H3. The van der Waals surface area contributed by atoms with Crippen molar-refractivity contribution in [1.29, 1.82) is 0 Å². The second-order valence-electron chi connectivity index (χ2n) is 5.33. The molecule has 0 amide bonds. The first-order valence-electron chi connectivity index (χ1n) is 5.71. The van der Waals surface area contributed by atoms with Gasteiger partial charge < -0.3 is 0 Å². The van der Waals surface area contributed by atoms with Crippen molar-refractivity contribution < 1.29 is 0 Å². The molecule has 0 heteroatoms. The lowest BCUT2D eigenvalue weighted by molar-refractivity contribution is 0.533. The van der Waals surface area contributed by atoms with E-state index in [-0.39, 0.29) is 0 Å². The number of fused-ring (bicyclic) bond motifs is 1. The van der Waals surface area contributed by atoms with Gasteiger partial charge in [0.2, 0.25) is 0 Å². The van der Waals surface area contributed by atoms with Crippen molar-refractivity contribution in [2.75, 3.05) is 0 Å². The van der Waals surface area contributed by atoms with Gasteiger partial charge in [0.25, 0.3) is 0 Å². The van der Waals surface area contributed by atoms with Gasteiger partial charge in [-0.25, -0.2) is 0 Å². The van der Waals surface area contributed by atoms with Crippen LogP contribution in [0.25, 0.3) is 0 Å². The summed E-state index contributed by atoms with van der Waals surface area (Å²) in [5, 5.41) is 0. The molecule has 0 aromatic rings. The van der Waals surface area contributed by atoms with E-state index in [1.807, 2.05) is 0 Å². The summed E-state index contributed by atoms with van der Waals surface area (Å²) in [6.45, 7) is 7.02. The minimum atomic E-state index is 0.477. The summed E-state index contributed by atoms with van der Waals surface area (Å²) >= 11 is 0. The topological polar surface area (TPSA) is 0 Å². The van der Waals surface area contributed by atoms with Crippen LogP contribution in [0.15, 0.2) is 0 Å². The Bertz CT molecular complexity index is 313. The van der Waals surface area contributed by atoms with E-state index in [0.717, 1.165) is 29.6 Å². The highest BCUT2D eigenvalue weighted by atomic mass is 15.1. The Balaban J connectivity index is 1.60. The third-order valence-corrected chi connectivity index (χ3v) is 4.94. The van der Waals surface area contributed by atoms with Gasteiger partial charge in [0, 0.05) is 11.8 Å². The average Bonchev–Trinajstić information content (AvgIpc) is 2.99. The van der Waals surface area contributed by atoms with Crippen LogP contribution in [0.2, 0.25) is 0 Å². The van der Waals surface area contributed by atoms with Gasteiger partial charge in [0.05, 0.1) is 0 Å². The van der Waals surface area contributed by atoms with Gasteiger partial charge in [-0.15, -0.1) is 5.92 Å². The van der Waals surface area contributed by atoms with E-state index in [9.17, 15) is 0 Å². The fourth-order valence-electron chi connectivity index (χ4n) is 4.00. The molecule has 3 aliphatic carbocycles. The van der Waals surface area contributed by atoms with Crippen LogP contribution < -0.4 is 0 Å². The first-order valence-corrected chi connectivity index (χ1v) is 5.71. The van der Waals surface area contributed by atoms with Crippen LogP contribution in [-0.2, 0) is 0 Å². The Kier molecular flexibility index (Phi) is 1.20. The molecule has 5 unspecified atom stereocenters. The zero-order valence-electron chi connectivity index (χ0n) is 8.85. The van der Waals surface area contributed by atoms with Gasteiger partial charge in [-0.1, -0.05) is 26.2 Å². The zero-order chi connectivity index (χ0) is 9.27. The van der Waals surface area contributed by atoms with Crippen LogP contribution in [0.5, 0.6) is 0 Å². The molecule has 0 saturated heterocycles. The second-order valence-corrected chi connectivity index (χ2v) is 5.33. The van der Waals surface area contributed by atoms with Crippen molar-refractivity contribution in [3.63, 3.8) is 0 Å². The van der Waals surface area contributed by atoms with Crippen LogP contribution in [0, 0.1) is 40.4 Å². The number of unbranched alkanes of at least 4 members (excludes halogenated alkanes) is 2. The van der Waals surface area contributed by atoms with E-state index in [0.29, 0.717) is 5.41 Å². The summed E-state index contributed by atoms with van der Waals surface area (Å²) < 4.78 is 0. The largest absolute Gasteiger partial charge is 0.103 e. The fraction of sp³-hybridized carbons (Fsp3) is 0.846. The minimum absolute atomic E-state index is 0.477. The smallest absolute Gasteiger partial charge is 0.0388 e. The quantitative estimate of drug-likeness (QED) is 0.446. The Morgan fingerprint density at radius 2 is 2.15 bits per heavy atom. The molecular formula is C13H18. The molecule has 5 atom stereocenters. The van der Waals surface area contributed by atoms with Crippen LogP contribution in [0.3, 0.4) is 0 Å². The molecule has 0 heterocycles. The van der Waals surface area contributed by atoms with Crippen molar-refractivity contribution in [2.24, 2.45) is 28.6 Å². The van der Waals surface area contributed by atoms with Crippen molar-refractivity contribution in [3.05, 3.63) is 0 Å². The van der Waals surface area contributed by atoms with E-state index in [1.54, 1.807) is 0 Å². The second kappa shape index (κ2) is 1.97. The van der Waals surface area contributed by atoms with Crippen LogP contribution in [-0.4, -0.2) is 0 Å². The fourth-order valence-corrected chi connectivity index (χ4v) is 4.00. The number of hydrogen-bond donors (Lipinski definition) is 0. The van der Waals surface area contributed by atoms with Crippen molar-refractivity contribution in [2.45, 2.75) is 40.0 Å². The molecule has 0 N–H and O–H groups in total. The Hall–Kier alpha value is -0.440. The van der Waals surface area contributed by atoms with Crippen molar-refractivity contribution >= 4 is 0 Å². The molecule has 0 aliphatic heterocycles. The molecule has 1 spiro atoms. The first kappa shape index (κ1) is 7.92. The van der Waals surface area contributed by atoms with Gasteiger partial charge in [0.15, 0.2) is 0 Å². The molecular weight excluding hydrogens is 156 g/mol. The van der Waals surface area contributed by atoms with E-state index in [2.05, 4.69) is 32.6 Å². The minimum Gasteiger partial charge on any atom is -0.103 e. The molecule has 0 bridgehead atoms. The van der Waals surface area contributed by atoms with Gasteiger partial charge in [-0.2, -0.15) is 0 Å². The number of hydrogen-bond acceptors (Lipinski definition) is 0. The highest BCUT2D eigenvalue weighted by molar-refractivity contribution is 5.58. The van der Waals surface area contributed by atoms with E-state index < -0.39 is 0 Å². The summed E-state index contributed by atoms with van der Waals surface area (Å²) in [5.41, 5.74) is 1.25. The van der Waals surface area contributed by atoms with E-state index in [4.69, 9.17) is 0 Å². The highest BCUT2D eigenvalue weighted by Crippen LogP contribution is 3.08. The monoisotopic (exact) mass is 174 g/mol. The lowest BCUT2D eigenvalue weighted by Gasteiger charge is -2.04. The third kappa shape index (κ3) is 0.612. The Morgan fingerprint density at radius 1 is 1.38 bits per heavy atom. The summed E-state index contributed by atoms with van der Waals surface area (Å²) in [6.07, 6.45) is 3.67. The van der Waals surface area contributed by atoms with Gasteiger partial charge in [0.1, 0.15) is 0 Å². The van der Waals surface area contributed by atoms with Crippen LogP contribution in [0.1, 0.15) is 40.0 Å². The molecule has 0 radical (unpaired) electrons. The van der Waals surface area contributed by atoms with Gasteiger partial charge in [-0.05, 0) is 36.5 Å². The average molecular weight is 174 g/mol. The lowest BCUT2D eigenvalue weighted by atomic mass is 9.98. The van der Waals surface area contributed by atoms with Gasteiger partial charge in [-0.3, -0.25) is 0 Å². The Morgan fingerprint density at radius 3 is 2.62 bits per heavy atom. The molecule has 13 heavy (non-hydrogen) atoms. The predicted octanol–water partition coefficient (Wildman–Crippen LogP) is 3.08. The molecule has 70 valence electrons. The summed E-state index contributed by atoms with van der Waals surface area (Å²) in [7, 11) is 0. The van der Waals surface area contributed by atoms with Gasteiger partial charge >= 0.3 is 0 Å². The predicted molar refractivity (Wildman–Crippen MR) is 54.0 cm³/mol. The number of rotatable bonds is 2. The van der Waals surface area contributed by atoms with E-state index in [1.165, 1.54) is 12.8 Å². The third-order valence-electron chi connectivity index (χ3n) is 4.94. The first-order chi connectivity index (χ1) is 6.21. The Labute approximate surface area is 81.1 Å². The van der Waals surface area contributed by atoms with Crippen molar-refractivity contribution in [3.8, 4) is 11.8 Å². The normalized spacial score (nSPS) is 58.5. The maximum Gasteiger partial charge on any atom is 0.0388 e. The van der Waals surface area contributed by atoms with E-state index >= 15 is 0 Å². The molecule has 0 aromatic heterocycles. The summed E-state index contributed by atoms with van der Waals surface area (Å²) in [5.74, 6) is 10.1. The summed E-state index contributed by atoms with van der Waals surface area (Å²) in [6, 6.07) is 0. The zero-order valence-corrected chi connectivity index (χ0v) is 8.85. The molecule has 0 nitrogen and oxygen atoms in total. The molecule has 3 rings (SSSR count). The van der Waals surface area contributed by atoms with Crippen LogP contribution >= 0.6 is 0 Å². The van der Waals surface area contributed by atoms with Crippen LogP contribution in [0.4, 0.5) is 0 Å². The molecule has 3 aliphatic rings. The maximum atomic E-state index is 3.53. The molecule has 3 fully saturated rings. The highest BCUT2D eigenvalue weighted by Gasteiger charge is 3.07. The lowest BCUT2D eigenvalue weighted by Crippen LogP contribution is -2.01. The molecule has 0 aromatic carbocycles. The van der Waals surface area contributed by atoms with Crippen molar-refractivity contribution in [1.82, 2.24) is 0 Å². The maximum absolute atomic E-state index is 3.53.